The molecule has 21 heavy (non-hydrogen) atoms. The fourth-order valence-electron chi connectivity index (χ4n) is 2.33. The van der Waals surface area contributed by atoms with Crippen LogP contribution in [0.1, 0.15) is 17.2 Å². The molecule has 0 aliphatic carbocycles. The molecule has 0 fully saturated rings. The van der Waals surface area contributed by atoms with Gasteiger partial charge in [0.1, 0.15) is 12.4 Å². The predicted molar refractivity (Wildman–Crippen MR) is 80.6 cm³/mol. The number of rotatable bonds is 3. The molecule has 0 radical (unpaired) electrons. The van der Waals surface area contributed by atoms with Crippen LogP contribution >= 0.6 is 0 Å². The first-order valence-corrected chi connectivity index (χ1v) is 8.05. The molecule has 0 spiro atoms. The number of hydrogen-bond acceptors (Lipinski definition) is 4. The van der Waals surface area contributed by atoms with E-state index in [1.54, 1.807) is 12.1 Å². The van der Waals surface area contributed by atoms with Gasteiger partial charge in [-0.3, -0.25) is 0 Å². The molecule has 0 amide bonds. The number of nitrogens with two attached hydrogens (primary N) is 1. The third kappa shape index (κ3) is 2.72. The first-order chi connectivity index (χ1) is 9.95. The van der Waals surface area contributed by atoms with Crippen LogP contribution < -0.4 is 15.2 Å². The normalized spacial score (nSPS) is 17.3. The molecule has 0 saturated heterocycles. The van der Waals surface area contributed by atoms with Crippen molar-refractivity contribution in [1.82, 2.24) is 4.72 Å². The van der Waals surface area contributed by atoms with E-state index < -0.39 is 10.0 Å². The summed E-state index contributed by atoms with van der Waals surface area (Å²) in [5, 5.41) is 0. The minimum absolute atomic E-state index is 0.192. The van der Waals surface area contributed by atoms with Gasteiger partial charge >= 0.3 is 0 Å². The minimum atomic E-state index is -3.60. The molecule has 1 aliphatic heterocycles. The van der Waals surface area contributed by atoms with Crippen molar-refractivity contribution < 1.29 is 13.2 Å². The second kappa shape index (κ2) is 5.05. The molecule has 110 valence electrons. The Labute approximate surface area is 123 Å². The molecule has 1 heterocycles. The van der Waals surface area contributed by atoms with Crippen LogP contribution in [0.5, 0.6) is 5.75 Å². The largest absolute Gasteiger partial charge is 0.491 e. The molecule has 3 N–H and O–H groups in total. The Kier molecular flexibility index (Phi) is 3.35. The highest BCUT2D eigenvalue weighted by atomic mass is 32.2. The number of benzene rings is 2. The zero-order valence-corrected chi connectivity index (χ0v) is 12.4. The number of ether oxygens (including phenoxy) is 1. The lowest BCUT2D eigenvalue weighted by molar-refractivity contribution is 0.325. The number of anilines is 1. The van der Waals surface area contributed by atoms with Crippen LogP contribution in [-0.4, -0.2) is 15.0 Å². The number of nitrogens with one attached hydrogen (secondary N) is 1. The van der Waals surface area contributed by atoms with E-state index in [-0.39, 0.29) is 10.9 Å². The van der Waals surface area contributed by atoms with Gasteiger partial charge in [-0.1, -0.05) is 17.7 Å². The van der Waals surface area contributed by atoms with Crippen molar-refractivity contribution in [1.29, 1.82) is 0 Å². The smallest absolute Gasteiger partial charge is 0.241 e. The number of aryl methyl sites for hydroxylation is 1. The van der Waals surface area contributed by atoms with E-state index in [1.807, 2.05) is 25.1 Å². The number of nitrogen functional groups attached to an aromatic ring is 1. The Morgan fingerprint density at radius 3 is 2.62 bits per heavy atom. The second-order valence-corrected chi connectivity index (χ2v) is 6.81. The summed E-state index contributed by atoms with van der Waals surface area (Å²) in [6, 6.07) is 11.5. The summed E-state index contributed by atoms with van der Waals surface area (Å²) in [5.74, 6) is 0.727. The highest BCUT2D eigenvalue weighted by molar-refractivity contribution is 7.89. The first kappa shape index (κ1) is 13.9. The fraction of sp³-hybridized carbons (Fsp3) is 0.200. The van der Waals surface area contributed by atoms with Crippen molar-refractivity contribution in [3.8, 4) is 5.75 Å². The zero-order chi connectivity index (χ0) is 15.0. The van der Waals surface area contributed by atoms with Crippen molar-refractivity contribution >= 4 is 15.7 Å². The van der Waals surface area contributed by atoms with Crippen molar-refractivity contribution in [2.24, 2.45) is 0 Å². The first-order valence-electron chi connectivity index (χ1n) is 6.57. The van der Waals surface area contributed by atoms with Gasteiger partial charge in [0.15, 0.2) is 0 Å². The molecule has 2 aromatic carbocycles. The summed E-state index contributed by atoms with van der Waals surface area (Å²) in [4.78, 5) is 0.192. The van der Waals surface area contributed by atoms with E-state index in [4.69, 9.17) is 10.5 Å². The van der Waals surface area contributed by atoms with Gasteiger partial charge in [-0.2, -0.15) is 0 Å². The zero-order valence-electron chi connectivity index (χ0n) is 11.5. The highest BCUT2D eigenvalue weighted by Gasteiger charge is 2.28. The predicted octanol–water partition coefficient (Wildman–Crippen LogP) is 1.99. The Hall–Kier alpha value is -2.05. The van der Waals surface area contributed by atoms with Gasteiger partial charge in [0, 0.05) is 11.3 Å². The van der Waals surface area contributed by atoms with Gasteiger partial charge in [-0.05, 0) is 37.3 Å². The van der Waals surface area contributed by atoms with Crippen molar-refractivity contribution in [3.05, 3.63) is 53.6 Å². The minimum Gasteiger partial charge on any atom is -0.491 e. The second-order valence-electron chi connectivity index (χ2n) is 5.10. The summed E-state index contributed by atoms with van der Waals surface area (Å²) in [5.41, 5.74) is 8.04. The molecular weight excluding hydrogens is 288 g/mol. The maximum Gasteiger partial charge on any atom is 0.241 e. The molecule has 2 aromatic rings. The number of sulfonamides is 1. The summed E-state index contributed by atoms with van der Waals surface area (Å²) in [6.07, 6.45) is 0. The summed E-state index contributed by atoms with van der Waals surface area (Å²) in [7, 11) is -3.60. The van der Waals surface area contributed by atoms with E-state index in [0.717, 1.165) is 16.9 Å². The van der Waals surface area contributed by atoms with Crippen molar-refractivity contribution in [2.45, 2.75) is 17.9 Å². The third-order valence-corrected chi connectivity index (χ3v) is 4.92. The monoisotopic (exact) mass is 304 g/mol. The molecule has 0 saturated carbocycles. The van der Waals surface area contributed by atoms with E-state index in [0.29, 0.717) is 12.3 Å². The molecule has 1 atom stereocenters. The fourth-order valence-corrected chi connectivity index (χ4v) is 3.53. The van der Waals surface area contributed by atoms with Gasteiger partial charge in [0.05, 0.1) is 10.9 Å². The molecule has 1 aliphatic rings. The van der Waals surface area contributed by atoms with Gasteiger partial charge in [-0.25, -0.2) is 13.1 Å². The maximum atomic E-state index is 12.4. The van der Waals surface area contributed by atoms with Crippen LogP contribution in [0.2, 0.25) is 0 Å². The Balaban J connectivity index is 1.88. The Bertz CT molecular complexity index is 770. The average molecular weight is 304 g/mol. The van der Waals surface area contributed by atoms with Crippen LogP contribution in [0.4, 0.5) is 5.69 Å². The molecule has 0 aromatic heterocycles. The Morgan fingerprint density at radius 2 is 1.90 bits per heavy atom. The average Bonchev–Trinajstić information content (AvgIpc) is 2.81. The lowest BCUT2D eigenvalue weighted by Gasteiger charge is -2.13. The quantitative estimate of drug-likeness (QED) is 0.850. The van der Waals surface area contributed by atoms with Crippen LogP contribution in [0.25, 0.3) is 0 Å². The number of fused-ring (bicyclic) bond motifs is 1. The molecule has 0 bridgehead atoms. The molecular formula is C15H16N2O3S. The van der Waals surface area contributed by atoms with Crippen LogP contribution in [0.3, 0.4) is 0 Å². The van der Waals surface area contributed by atoms with Gasteiger partial charge < -0.3 is 10.5 Å². The summed E-state index contributed by atoms with van der Waals surface area (Å²) < 4.78 is 33.0. The van der Waals surface area contributed by atoms with Gasteiger partial charge in [-0.15, -0.1) is 0 Å². The van der Waals surface area contributed by atoms with E-state index in [9.17, 15) is 8.42 Å². The standard InChI is InChI=1S/C15H16N2O3S/c1-10-2-7-15-13(8-10)14(9-20-15)17-21(18,19)12-5-3-11(16)4-6-12/h2-8,14,17H,9,16H2,1H3. The summed E-state index contributed by atoms with van der Waals surface area (Å²) >= 11 is 0. The van der Waals surface area contributed by atoms with Gasteiger partial charge in [0.2, 0.25) is 10.0 Å². The van der Waals surface area contributed by atoms with Crippen LogP contribution in [0.15, 0.2) is 47.4 Å². The maximum absolute atomic E-state index is 12.4. The van der Waals surface area contributed by atoms with E-state index in [1.165, 1.54) is 12.1 Å². The van der Waals surface area contributed by atoms with Gasteiger partial charge in [0.25, 0.3) is 0 Å². The highest BCUT2D eigenvalue weighted by Crippen LogP contribution is 2.33. The lowest BCUT2D eigenvalue weighted by atomic mass is 10.1. The molecule has 3 rings (SSSR count). The third-order valence-electron chi connectivity index (χ3n) is 3.43. The van der Waals surface area contributed by atoms with E-state index in [2.05, 4.69) is 4.72 Å². The Morgan fingerprint density at radius 1 is 1.19 bits per heavy atom. The number of hydrogen-bond donors (Lipinski definition) is 2. The van der Waals surface area contributed by atoms with E-state index >= 15 is 0 Å². The lowest BCUT2D eigenvalue weighted by Crippen LogP contribution is -2.29. The van der Waals surface area contributed by atoms with Crippen molar-refractivity contribution in [3.63, 3.8) is 0 Å². The molecule has 6 heteroatoms. The summed E-state index contributed by atoms with van der Waals surface area (Å²) in [6.45, 7) is 2.26. The van der Waals surface area contributed by atoms with Crippen LogP contribution in [0, 0.1) is 6.92 Å². The SMILES string of the molecule is Cc1ccc2c(c1)C(NS(=O)(=O)c1ccc(N)cc1)CO2. The molecule has 1 unspecified atom stereocenters. The van der Waals surface area contributed by atoms with Crippen molar-refractivity contribution in [2.75, 3.05) is 12.3 Å². The van der Waals surface area contributed by atoms with Crippen LogP contribution in [-0.2, 0) is 10.0 Å². The topological polar surface area (TPSA) is 81.4 Å². The molecule has 5 nitrogen and oxygen atoms in total.